The van der Waals surface area contributed by atoms with Gasteiger partial charge in [-0.3, -0.25) is 4.52 Å². The van der Waals surface area contributed by atoms with Crippen LogP contribution in [-0.4, -0.2) is 40.6 Å². The second-order valence-corrected chi connectivity index (χ2v) is 5.53. The third kappa shape index (κ3) is 4.25. The Hall–Kier alpha value is -1.02. The Kier molecular flexibility index (Phi) is 7.15. The van der Waals surface area contributed by atoms with E-state index in [1.807, 2.05) is 0 Å². The molecule has 0 amide bonds. The van der Waals surface area contributed by atoms with E-state index < -0.39 is 26.7 Å². The van der Waals surface area contributed by atoms with Gasteiger partial charge >= 0.3 is 18.2 Å². The Labute approximate surface area is 125 Å². The molecule has 0 saturated heterocycles. The zero-order chi connectivity index (χ0) is 17.8. The number of halogens is 7. The van der Waals surface area contributed by atoms with Gasteiger partial charge in [0.25, 0.3) is 8.45 Å². The van der Waals surface area contributed by atoms with Crippen molar-refractivity contribution in [2.45, 2.75) is 32.1 Å². The van der Waals surface area contributed by atoms with Gasteiger partial charge in [0.1, 0.15) is 0 Å². The van der Waals surface area contributed by atoms with Gasteiger partial charge in [-0.2, -0.15) is 30.7 Å². The van der Waals surface area contributed by atoms with E-state index in [4.69, 9.17) is 0 Å². The van der Waals surface area contributed by atoms with Crippen molar-refractivity contribution in [3.05, 3.63) is 25.6 Å². The summed E-state index contributed by atoms with van der Waals surface area (Å²) < 4.78 is 95.0. The SMILES string of the molecule is C=CN(CC)P(OC(F)(F)C(F)(F)C(F)(F)F)N(C=C)CC. The summed E-state index contributed by atoms with van der Waals surface area (Å²) in [6.45, 7) is 9.54. The molecule has 0 unspecified atom stereocenters. The van der Waals surface area contributed by atoms with Gasteiger partial charge in [0, 0.05) is 13.1 Å². The summed E-state index contributed by atoms with van der Waals surface area (Å²) in [5.41, 5.74) is 0. The average molecular weight is 356 g/mol. The fourth-order valence-electron chi connectivity index (χ4n) is 1.22. The van der Waals surface area contributed by atoms with E-state index in [0.29, 0.717) is 0 Å². The molecule has 3 nitrogen and oxygen atoms in total. The molecule has 0 aromatic heterocycles. The summed E-state index contributed by atoms with van der Waals surface area (Å²) >= 11 is 0. The normalized spacial score (nSPS) is 13.2. The van der Waals surface area contributed by atoms with Crippen molar-refractivity contribution in [3.63, 3.8) is 0 Å². The van der Waals surface area contributed by atoms with Crippen molar-refractivity contribution >= 4 is 8.45 Å². The number of rotatable bonds is 9. The van der Waals surface area contributed by atoms with Gasteiger partial charge in [-0.1, -0.05) is 13.2 Å². The Balaban J connectivity index is 5.63. The Morgan fingerprint density at radius 2 is 1.27 bits per heavy atom. The van der Waals surface area contributed by atoms with Gasteiger partial charge in [-0.15, -0.1) is 0 Å². The highest BCUT2D eigenvalue weighted by atomic mass is 31.2. The lowest BCUT2D eigenvalue weighted by atomic mass is 10.3. The van der Waals surface area contributed by atoms with Crippen molar-refractivity contribution < 1.29 is 35.3 Å². The Morgan fingerprint density at radius 1 is 0.909 bits per heavy atom. The van der Waals surface area contributed by atoms with Crippen LogP contribution in [0.3, 0.4) is 0 Å². The quantitative estimate of drug-likeness (QED) is 0.429. The van der Waals surface area contributed by atoms with E-state index in [-0.39, 0.29) is 13.1 Å². The van der Waals surface area contributed by atoms with Crippen LogP contribution in [0.15, 0.2) is 25.6 Å². The maximum atomic E-state index is 13.4. The number of hydrogen-bond donors (Lipinski definition) is 0. The molecule has 0 aliphatic carbocycles. The highest BCUT2D eigenvalue weighted by Crippen LogP contribution is 2.56. The van der Waals surface area contributed by atoms with Crippen molar-refractivity contribution in [1.29, 1.82) is 0 Å². The molecule has 11 heteroatoms. The van der Waals surface area contributed by atoms with Crippen LogP contribution in [0, 0.1) is 0 Å². The minimum atomic E-state index is -6.45. The molecule has 0 aliphatic rings. The fraction of sp³-hybridized carbons (Fsp3) is 0.636. The summed E-state index contributed by atoms with van der Waals surface area (Å²) in [5, 5.41) is 0. The summed E-state index contributed by atoms with van der Waals surface area (Å²) in [4.78, 5) is 0. The predicted octanol–water partition coefficient (Wildman–Crippen LogP) is 4.95. The number of alkyl halides is 7. The van der Waals surface area contributed by atoms with Crippen LogP contribution >= 0.6 is 8.45 Å². The van der Waals surface area contributed by atoms with Crippen molar-refractivity contribution in [2.24, 2.45) is 0 Å². The molecule has 0 saturated carbocycles. The Bertz CT molecular complexity index is 373. The summed E-state index contributed by atoms with van der Waals surface area (Å²) in [6.07, 6.45) is -10.2. The number of nitrogens with zero attached hydrogens (tertiary/aromatic N) is 2. The standard InChI is InChI=1S/C11H16F7N2OP/c1-5-19(6-2)22(20(7-3)8-4)21-11(17,18)9(12,13)10(14,15)16/h5,7H,1,3,6,8H2,2,4H3. The highest BCUT2D eigenvalue weighted by Gasteiger charge is 2.75. The van der Waals surface area contributed by atoms with Crippen LogP contribution in [0.4, 0.5) is 30.7 Å². The summed E-state index contributed by atoms with van der Waals surface area (Å²) in [6, 6.07) is 0. The zero-order valence-corrected chi connectivity index (χ0v) is 12.8. The second kappa shape index (κ2) is 7.50. The molecule has 22 heavy (non-hydrogen) atoms. The van der Waals surface area contributed by atoms with Gasteiger partial charge in [-0.25, -0.2) is 0 Å². The lowest BCUT2D eigenvalue weighted by molar-refractivity contribution is -0.403. The molecule has 0 aromatic rings. The molecule has 0 N–H and O–H groups in total. The first-order chi connectivity index (χ1) is 9.89. The maximum absolute atomic E-state index is 13.4. The molecular weight excluding hydrogens is 340 g/mol. The maximum Gasteiger partial charge on any atom is 0.462 e. The van der Waals surface area contributed by atoms with Gasteiger partial charge in [0.05, 0.1) is 0 Å². The minimum Gasteiger partial charge on any atom is -0.319 e. The molecule has 0 spiro atoms. The first-order valence-corrected chi connectivity index (χ1v) is 7.15. The van der Waals surface area contributed by atoms with Gasteiger partial charge in [0.15, 0.2) is 0 Å². The van der Waals surface area contributed by atoms with E-state index >= 15 is 0 Å². The van der Waals surface area contributed by atoms with Crippen LogP contribution in [-0.2, 0) is 4.52 Å². The highest BCUT2D eigenvalue weighted by molar-refractivity contribution is 7.47. The van der Waals surface area contributed by atoms with E-state index in [1.54, 1.807) is 0 Å². The van der Waals surface area contributed by atoms with E-state index in [1.165, 1.54) is 13.8 Å². The average Bonchev–Trinajstić information content (AvgIpc) is 2.39. The molecular formula is C11H16F7N2OP. The van der Waals surface area contributed by atoms with E-state index in [2.05, 4.69) is 17.7 Å². The number of hydrogen-bond acceptors (Lipinski definition) is 3. The fourth-order valence-corrected chi connectivity index (χ4v) is 2.81. The predicted molar refractivity (Wildman–Crippen MR) is 69.1 cm³/mol. The molecule has 130 valence electrons. The zero-order valence-electron chi connectivity index (χ0n) is 11.9. The lowest BCUT2D eigenvalue weighted by Gasteiger charge is -2.38. The second-order valence-electron chi connectivity index (χ2n) is 3.81. The third-order valence-corrected chi connectivity index (χ3v) is 4.59. The molecule has 0 radical (unpaired) electrons. The van der Waals surface area contributed by atoms with E-state index in [0.717, 1.165) is 21.7 Å². The molecule has 0 aromatic carbocycles. The van der Waals surface area contributed by atoms with Gasteiger partial charge < -0.3 is 9.34 Å². The van der Waals surface area contributed by atoms with Crippen LogP contribution in [0.5, 0.6) is 0 Å². The van der Waals surface area contributed by atoms with Crippen LogP contribution in [0.1, 0.15) is 13.8 Å². The smallest absolute Gasteiger partial charge is 0.319 e. The van der Waals surface area contributed by atoms with E-state index in [9.17, 15) is 30.7 Å². The molecule has 0 aliphatic heterocycles. The first kappa shape index (κ1) is 21.0. The molecule has 0 bridgehead atoms. The summed E-state index contributed by atoms with van der Waals surface area (Å²) in [5.74, 6) is -6.33. The van der Waals surface area contributed by atoms with Crippen molar-refractivity contribution in [1.82, 2.24) is 9.34 Å². The third-order valence-electron chi connectivity index (χ3n) is 2.43. The van der Waals surface area contributed by atoms with Crippen LogP contribution < -0.4 is 0 Å². The molecule has 0 atom stereocenters. The lowest BCUT2D eigenvalue weighted by Crippen LogP contribution is -2.53. The Morgan fingerprint density at radius 3 is 1.50 bits per heavy atom. The van der Waals surface area contributed by atoms with Crippen LogP contribution in [0.2, 0.25) is 0 Å². The van der Waals surface area contributed by atoms with Gasteiger partial charge in [-0.05, 0) is 26.2 Å². The van der Waals surface area contributed by atoms with Crippen LogP contribution in [0.25, 0.3) is 0 Å². The molecule has 0 rings (SSSR count). The van der Waals surface area contributed by atoms with Gasteiger partial charge in [0.2, 0.25) is 0 Å². The van der Waals surface area contributed by atoms with Crippen molar-refractivity contribution in [2.75, 3.05) is 13.1 Å². The van der Waals surface area contributed by atoms with Crippen molar-refractivity contribution in [3.8, 4) is 0 Å². The molecule has 0 heterocycles. The monoisotopic (exact) mass is 356 g/mol. The minimum absolute atomic E-state index is 0.00716. The molecule has 0 fully saturated rings. The largest absolute Gasteiger partial charge is 0.462 e. The first-order valence-electron chi connectivity index (χ1n) is 5.99. The topological polar surface area (TPSA) is 15.7 Å². The summed E-state index contributed by atoms with van der Waals surface area (Å²) in [7, 11) is -2.69.